The maximum atomic E-state index is 11.9. The molecular weight excluding hydrogens is 304 g/mol. The van der Waals surface area contributed by atoms with Crippen LogP contribution in [0.2, 0.25) is 0 Å². The van der Waals surface area contributed by atoms with Crippen molar-refractivity contribution in [2.24, 2.45) is 0 Å². The molecule has 2 amide bonds. The van der Waals surface area contributed by atoms with Crippen LogP contribution >= 0.6 is 0 Å². The molecule has 0 unspecified atom stereocenters. The van der Waals surface area contributed by atoms with E-state index in [1.54, 1.807) is 18.3 Å². The number of carbonyl (C=O) groups is 2. The van der Waals surface area contributed by atoms with Gasteiger partial charge in [0, 0.05) is 30.7 Å². The van der Waals surface area contributed by atoms with Crippen molar-refractivity contribution in [3.05, 3.63) is 54.4 Å². The van der Waals surface area contributed by atoms with Gasteiger partial charge in [0.05, 0.1) is 12.2 Å². The number of amides is 2. The van der Waals surface area contributed by atoms with Gasteiger partial charge in [-0.15, -0.1) is 0 Å². The fourth-order valence-electron chi connectivity index (χ4n) is 2.67. The first-order valence-electron chi connectivity index (χ1n) is 8.06. The van der Waals surface area contributed by atoms with Crippen molar-refractivity contribution in [1.82, 2.24) is 10.3 Å². The SMILES string of the molecule is O=C(NCc1ccccn1)C(=O)Nc1ccc(N2CCCC2)cc1. The molecule has 1 aromatic heterocycles. The maximum absolute atomic E-state index is 11.9. The van der Waals surface area contributed by atoms with E-state index in [1.165, 1.54) is 12.8 Å². The quantitative estimate of drug-likeness (QED) is 0.843. The predicted octanol–water partition coefficient (Wildman–Crippen LogP) is 1.94. The highest BCUT2D eigenvalue weighted by atomic mass is 16.2. The average Bonchev–Trinajstić information content (AvgIpc) is 3.16. The second-order valence-electron chi connectivity index (χ2n) is 5.70. The van der Waals surface area contributed by atoms with Gasteiger partial charge in [-0.3, -0.25) is 14.6 Å². The molecule has 1 aromatic carbocycles. The Balaban J connectivity index is 1.51. The van der Waals surface area contributed by atoms with Crippen LogP contribution in [0.5, 0.6) is 0 Å². The lowest BCUT2D eigenvalue weighted by Crippen LogP contribution is -2.35. The molecule has 124 valence electrons. The summed E-state index contributed by atoms with van der Waals surface area (Å²) in [6.07, 6.45) is 4.08. The number of pyridine rings is 1. The van der Waals surface area contributed by atoms with Crippen LogP contribution in [0, 0.1) is 0 Å². The Morgan fingerprint density at radius 2 is 1.75 bits per heavy atom. The summed E-state index contributed by atoms with van der Waals surface area (Å²) in [4.78, 5) is 30.2. The van der Waals surface area contributed by atoms with Crippen LogP contribution < -0.4 is 15.5 Å². The van der Waals surface area contributed by atoms with Gasteiger partial charge in [-0.25, -0.2) is 0 Å². The number of nitrogens with zero attached hydrogens (tertiary/aromatic N) is 2. The van der Waals surface area contributed by atoms with E-state index in [-0.39, 0.29) is 6.54 Å². The van der Waals surface area contributed by atoms with E-state index >= 15 is 0 Å². The molecule has 2 heterocycles. The van der Waals surface area contributed by atoms with Crippen molar-refractivity contribution in [2.75, 3.05) is 23.3 Å². The van der Waals surface area contributed by atoms with Gasteiger partial charge < -0.3 is 15.5 Å². The highest BCUT2D eigenvalue weighted by Gasteiger charge is 2.15. The summed E-state index contributed by atoms with van der Waals surface area (Å²) in [5.41, 5.74) is 2.45. The number of hydrogen-bond acceptors (Lipinski definition) is 4. The van der Waals surface area contributed by atoms with Crippen LogP contribution in [0.15, 0.2) is 48.7 Å². The molecule has 6 heteroatoms. The Morgan fingerprint density at radius 1 is 1.00 bits per heavy atom. The highest BCUT2D eigenvalue weighted by molar-refractivity contribution is 6.39. The summed E-state index contributed by atoms with van der Waals surface area (Å²) in [5, 5.41) is 5.16. The molecule has 1 aliphatic rings. The molecular formula is C18H20N4O2. The van der Waals surface area contributed by atoms with Crippen LogP contribution in [-0.4, -0.2) is 29.9 Å². The third kappa shape index (κ3) is 4.10. The Kier molecular flexibility index (Phi) is 5.05. The molecule has 0 bridgehead atoms. The van der Waals surface area contributed by atoms with Crippen LogP contribution in [0.1, 0.15) is 18.5 Å². The molecule has 0 saturated carbocycles. The average molecular weight is 324 g/mol. The third-order valence-electron chi connectivity index (χ3n) is 3.96. The van der Waals surface area contributed by atoms with Crippen molar-refractivity contribution >= 4 is 23.2 Å². The fraction of sp³-hybridized carbons (Fsp3) is 0.278. The van der Waals surface area contributed by atoms with Gasteiger partial charge in [0.15, 0.2) is 0 Å². The maximum Gasteiger partial charge on any atom is 0.313 e. The summed E-state index contributed by atoms with van der Waals surface area (Å²) >= 11 is 0. The van der Waals surface area contributed by atoms with E-state index in [4.69, 9.17) is 0 Å². The van der Waals surface area contributed by atoms with Crippen molar-refractivity contribution in [1.29, 1.82) is 0 Å². The van der Waals surface area contributed by atoms with Crippen LogP contribution in [-0.2, 0) is 16.1 Å². The van der Waals surface area contributed by atoms with Crippen molar-refractivity contribution in [3.63, 3.8) is 0 Å². The van der Waals surface area contributed by atoms with Crippen LogP contribution in [0.4, 0.5) is 11.4 Å². The topological polar surface area (TPSA) is 74.3 Å². The first-order chi connectivity index (χ1) is 11.7. The molecule has 0 spiro atoms. The number of aromatic nitrogens is 1. The summed E-state index contributed by atoms with van der Waals surface area (Å²) in [5.74, 6) is -1.36. The largest absolute Gasteiger partial charge is 0.372 e. The lowest BCUT2D eigenvalue weighted by atomic mass is 10.2. The second kappa shape index (κ2) is 7.59. The summed E-state index contributed by atoms with van der Waals surface area (Å²) in [6, 6.07) is 13.0. The number of rotatable bonds is 4. The highest BCUT2D eigenvalue weighted by Crippen LogP contribution is 2.21. The number of nitrogens with one attached hydrogen (secondary N) is 2. The third-order valence-corrected chi connectivity index (χ3v) is 3.96. The smallest absolute Gasteiger partial charge is 0.313 e. The Labute approximate surface area is 140 Å². The summed E-state index contributed by atoms with van der Waals surface area (Å²) in [7, 11) is 0. The predicted molar refractivity (Wildman–Crippen MR) is 92.6 cm³/mol. The van der Waals surface area contributed by atoms with Gasteiger partial charge in [0.1, 0.15) is 0 Å². The summed E-state index contributed by atoms with van der Waals surface area (Å²) < 4.78 is 0. The van der Waals surface area contributed by atoms with E-state index in [0.29, 0.717) is 11.4 Å². The van der Waals surface area contributed by atoms with E-state index in [9.17, 15) is 9.59 Å². The molecule has 0 atom stereocenters. The number of hydrogen-bond donors (Lipinski definition) is 2. The zero-order valence-electron chi connectivity index (χ0n) is 13.4. The minimum atomic E-state index is -0.681. The monoisotopic (exact) mass is 324 g/mol. The zero-order valence-corrected chi connectivity index (χ0v) is 13.4. The van der Waals surface area contributed by atoms with Crippen LogP contribution in [0.25, 0.3) is 0 Å². The molecule has 24 heavy (non-hydrogen) atoms. The molecule has 3 rings (SSSR count). The number of carbonyl (C=O) groups excluding carboxylic acids is 2. The lowest BCUT2D eigenvalue weighted by Gasteiger charge is -2.17. The van der Waals surface area contributed by atoms with Crippen molar-refractivity contribution < 1.29 is 9.59 Å². The van der Waals surface area contributed by atoms with Gasteiger partial charge in [-0.05, 0) is 49.2 Å². The first-order valence-corrected chi connectivity index (χ1v) is 8.06. The number of anilines is 2. The van der Waals surface area contributed by atoms with Gasteiger partial charge in [0.25, 0.3) is 0 Å². The Morgan fingerprint density at radius 3 is 2.42 bits per heavy atom. The van der Waals surface area contributed by atoms with Gasteiger partial charge in [-0.2, -0.15) is 0 Å². The van der Waals surface area contributed by atoms with Crippen LogP contribution in [0.3, 0.4) is 0 Å². The molecule has 1 aliphatic heterocycles. The molecule has 2 N–H and O–H groups in total. The zero-order chi connectivity index (χ0) is 16.8. The van der Waals surface area contributed by atoms with Crippen molar-refractivity contribution in [2.45, 2.75) is 19.4 Å². The van der Waals surface area contributed by atoms with Gasteiger partial charge >= 0.3 is 11.8 Å². The molecule has 0 aliphatic carbocycles. The minimum Gasteiger partial charge on any atom is -0.372 e. The first kappa shape index (κ1) is 16.0. The molecule has 0 radical (unpaired) electrons. The Hall–Kier alpha value is -2.89. The van der Waals surface area contributed by atoms with Gasteiger partial charge in [-0.1, -0.05) is 6.07 Å². The molecule has 1 fully saturated rings. The van der Waals surface area contributed by atoms with E-state index < -0.39 is 11.8 Å². The lowest BCUT2D eigenvalue weighted by molar-refractivity contribution is -0.136. The normalized spacial score (nSPS) is 13.6. The standard InChI is InChI=1S/C18H20N4O2/c23-17(20-13-15-5-1-2-10-19-15)18(24)21-14-6-8-16(9-7-14)22-11-3-4-12-22/h1-2,5-10H,3-4,11-13H2,(H,20,23)(H,21,24). The minimum absolute atomic E-state index is 0.223. The van der Waals surface area contributed by atoms with E-state index in [2.05, 4.69) is 20.5 Å². The molecule has 6 nitrogen and oxygen atoms in total. The number of benzene rings is 1. The van der Waals surface area contributed by atoms with E-state index in [1.807, 2.05) is 30.3 Å². The van der Waals surface area contributed by atoms with E-state index in [0.717, 1.165) is 18.8 Å². The fourth-order valence-corrected chi connectivity index (χ4v) is 2.67. The molecule has 1 saturated heterocycles. The van der Waals surface area contributed by atoms with Gasteiger partial charge in [0.2, 0.25) is 0 Å². The second-order valence-corrected chi connectivity index (χ2v) is 5.70. The molecule has 2 aromatic rings. The Bertz CT molecular complexity index is 695. The van der Waals surface area contributed by atoms with Crippen molar-refractivity contribution in [3.8, 4) is 0 Å². The summed E-state index contributed by atoms with van der Waals surface area (Å²) in [6.45, 7) is 2.37.